The van der Waals surface area contributed by atoms with Gasteiger partial charge in [0.1, 0.15) is 11.6 Å². The van der Waals surface area contributed by atoms with Gasteiger partial charge in [-0.3, -0.25) is 0 Å². The van der Waals surface area contributed by atoms with E-state index in [0.29, 0.717) is 13.1 Å². The van der Waals surface area contributed by atoms with Gasteiger partial charge in [0.25, 0.3) is 0 Å². The first-order chi connectivity index (χ1) is 13.4. The molecule has 0 aliphatic carbocycles. The third-order valence-electron chi connectivity index (χ3n) is 4.30. The number of ether oxygens (including phenoxy) is 1. The number of guanidine groups is 1. The fraction of sp³-hybridized carbons (Fsp3) is 0.368. The van der Waals surface area contributed by atoms with Gasteiger partial charge in [0.2, 0.25) is 0 Å². The molecular weight excluding hydrogens is 498 g/mol. The number of rotatable bonds is 6. The van der Waals surface area contributed by atoms with Gasteiger partial charge in [-0.2, -0.15) is 0 Å². The number of nitrogens with one attached hydrogen (secondary N) is 1. The molecule has 1 fully saturated rings. The summed E-state index contributed by atoms with van der Waals surface area (Å²) in [6.45, 7) is 2.83. The molecule has 10 heteroatoms. The minimum absolute atomic E-state index is 0. The Morgan fingerprint density at radius 3 is 2.34 bits per heavy atom. The maximum atomic E-state index is 12.1. The lowest BCUT2D eigenvalue weighted by molar-refractivity contribution is -0.274. The van der Waals surface area contributed by atoms with E-state index >= 15 is 0 Å². The molecule has 1 aromatic heterocycles. The second kappa shape index (κ2) is 10.5. The summed E-state index contributed by atoms with van der Waals surface area (Å²) in [5.74, 6) is 0.969. The first-order valence-corrected chi connectivity index (χ1v) is 8.97. The van der Waals surface area contributed by atoms with Crippen LogP contribution in [0.25, 0.3) is 0 Å². The van der Waals surface area contributed by atoms with Crippen LogP contribution in [-0.4, -0.2) is 30.4 Å². The molecule has 1 aliphatic heterocycles. The summed E-state index contributed by atoms with van der Waals surface area (Å²) >= 11 is 0. The predicted octanol–water partition coefficient (Wildman–Crippen LogP) is 3.80. The SMILES string of the molecule is I.NC(=NCc1ccc(N2CCCC2)nc1)NCc1ccc(OC(F)(F)F)cc1. The number of aromatic nitrogens is 1. The Kier molecular flexibility index (Phi) is 8.35. The number of nitrogens with two attached hydrogens (primary N) is 1. The van der Waals surface area contributed by atoms with Gasteiger partial charge in [0, 0.05) is 25.8 Å². The van der Waals surface area contributed by atoms with Crippen LogP contribution in [-0.2, 0) is 13.1 Å². The van der Waals surface area contributed by atoms with Gasteiger partial charge in [-0.1, -0.05) is 18.2 Å². The molecular formula is C19H23F3IN5O. The second-order valence-electron chi connectivity index (χ2n) is 6.47. The molecule has 0 bridgehead atoms. The highest BCUT2D eigenvalue weighted by molar-refractivity contribution is 14.0. The second-order valence-corrected chi connectivity index (χ2v) is 6.47. The van der Waals surface area contributed by atoms with Crippen molar-refractivity contribution >= 4 is 35.8 Å². The molecule has 0 radical (unpaired) electrons. The number of hydrogen-bond donors (Lipinski definition) is 2. The summed E-state index contributed by atoms with van der Waals surface area (Å²) in [6.07, 6.45) is -0.496. The van der Waals surface area contributed by atoms with Gasteiger partial charge >= 0.3 is 6.36 Å². The molecule has 158 valence electrons. The van der Waals surface area contributed by atoms with Crippen molar-refractivity contribution in [2.75, 3.05) is 18.0 Å². The van der Waals surface area contributed by atoms with Crippen molar-refractivity contribution in [2.45, 2.75) is 32.3 Å². The van der Waals surface area contributed by atoms with E-state index in [1.165, 1.54) is 37.1 Å². The minimum Gasteiger partial charge on any atom is -0.406 e. The van der Waals surface area contributed by atoms with Crippen LogP contribution in [0.1, 0.15) is 24.0 Å². The lowest BCUT2D eigenvalue weighted by Crippen LogP contribution is -2.31. The quantitative estimate of drug-likeness (QED) is 0.344. The maximum absolute atomic E-state index is 12.1. The number of anilines is 1. The molecule has 2 aromatic rings. The van der Waals surface area contributed by atoms with E-state index in [1.54, 1.807) is 6.20 Å². The number of alkyl halides is 3. The molecule has 0 saturated carbocycles. The summed E-state index contributed by atoms with van der Waals surface area (Å²) in [6, 6.07) is 9.54. The van der Waals surface area contributed by atoms with Crippen LogP contribution >= 0.6 is 24.0 Å². The maximum Gasteiger partial charge on any atom is 0.573 e. The highest BCUT2D eigenvalue weighted by Gasteiger charge is 2.30. The zero-order valence-corrected chi connectivity index (χ0v) is 18.0. The lowest BCUT2D eigenvalue weighted by atomic mass is 10.2. The molecule has 6 nitrogen and oxygen atoms in total. The van der Waals surface area contributed by atoms with Crippen LogP contribution in [0, 0.1) is 0 Å². The monoisotopic (exact) mass is 521 g/mol. The molecule has 0 amide bonds. The van der Waals surface area contributed by atoms with E-state index in [2.05, 4.69) is 24.9 Å². The Hall–Kier alpha value is -2.24. The number of pyridine rings is 1. The first kappa shape index (κ1) is 23.0. The topological polar surface area (TPSA) is 75.8 Å². The average molecular weight is 521 g/mol. The lowest BCUT2D eigenvalue weighted by Gasteiger charge is -2.16. The molecule has 0 spiro atoms. The summed E-state index contributed by atoms with van der Waals surface area (Å²) in [5.41, 5.74) is 7.55. The number of hydrogen-bond acceptors (Lipinski definition) is 4. The van der Waals surface area contributed by atoms with Crippen molar-refractivity contribution in [3.63, 3.8) is 0 Å². The van der Waals surface area contributed by atoms with Gasteiger partial charge in [-0.05, 0) is 42.2 Å². The Labute approximate surface area is 184 Å². The highest BCUT2D eigenvalue weighted by atomic mass is 127. The summed E-state index contributed by atoms with van der Waals surface area (Å²) in [5, 5.41) is 2.93. The minimum atomic E-state index is -4.70. The Balaban J connectivity index is 0.00000300. The normalized spacial score (nSPS) is 14.4. The van der Waals surface area contributed by atoms with Gasteiger partial charge in [-0.15, -0.1) is 37.1 Å². The van der Waals surface area contributed by atoms with E-state index in [4.69, 9.17) is 5.73 Å². The van der Waals surface area contributed by atoms with E-state index < -0.39 is 6.36 Å². The van der Waals surface area contributed by atoms with Gasteiger partial charge in [0.05, 0.1) is 6.54 Å². The molecule has 1 aliphatic rings. The largest absolute Gasteiger partial charge is 0.573 e. The fourth-order valence-electron chi connectivity index (χ4n) is 2.88. The third-order valence-corrected chi connectivity index (χ3v) is 4.30. The molecule has 1 aromatic carbocycles. The molecule has 2 heterocycles. The van der Waals surface area contributed by atoms with Crippen molar-refractivity contribution < 1.29 is 17.9 Å². The fourth-order valence-corrected chi connectivity index (χ4v) is 2.88. The average Bonchev–Trinajstić information content (AvgIpc) is 3.20. The smallest absolute Gasteiger partial charge is 0.406 e. The molecule has 1 saturated heterocycles. The van der Waals surface area contributed by atoms with Crippen LogP contribution in [0.3, 0.4) is 0 Å². The zero-order valence-electron chi connectivity index (χ0n) is 15.7. The highest BCUT2D eigenvalue weighted by Crippen LogP contribution is 2.22. The van der Waals surface area contributed by atoms with E-state index in [1.807, 2.05) is 12.1 Å². The number of halogens is 4. The molecule has 29 heavy (non-hydrogen) atoms. The van der Waals surface area contributed by atoms with Crippen LogP contribution in [0.2, 0.25) is 0 Å². The first-order valence-electron chi connectivity index (χ1n) is 8.97. The van der Waals surface area contributed by atoms with Crippen molar-refractivity contribution in [2.24, 2.45) is 10.7 Å². The molecule has 3 N–H and O–H groups in total. The van der Waals surface area contributed by atoms with Gasteiger partial charge in [-0.25, -0.2) is 9.98 Å². The van der Waals surface area contributed by atoms with E-state index in [0.717, 1.165) is 30.0 Å². The van der Waals surface area contributed by atoms with Gasteiger partial charge in [0.15, 0.2) is 5.96 Å². The molecule has 0 atom stereocenters. The Morgan fingerprint density at radius 1 is 1.10 bits per heavy atom. The number of benzene rings is 1. The Morgan fingerprint density at radius 2 is 1.76 bits per heavy atom. The third kappa shape index (κ3) is 7.59. The van der Waals surface area contributed by atoms with Crippen molar-refractivity contribution in [3.05, 3.63) is 53.7 Å². The van der Waals surface area contributed by atoms with Crippen LogP contribution in [0.4, 0.5) is 19.0 Å². The standard InChI is InChI=1S/C19H22F3N5O.HI/c20-19(21,22)28-16-6-3-14(4-7-16)11-25-18(23)26-13-15-5-8-17(24-12-15)27-9-1-2-10-27;/h3-8,12H,1-2,9-11,13H2,(H3,23,25,26);1H. The molecule has 3 rings (SSSR count). The van der Waals surface area contributed by atoms with Crippen molar-refractivity contribution in [1.29, 1.82) is 0 Å². The van der Waals surface area contributed by atoms with E-state index in [9.17, 15) is 13.2 Å². The summed E-state index contributed by atoms with van der Waals surface area (Å²) in [7, 11) is 0. The van der Waals surface area contributed by atoms with Crippen molar-refractivity contribution in [3.8, 4) is 5.75 Å². The zero-order chi connectivity index (χ0) is 20.0. The van der Waals surface area contributed by atoms with Crippen molar-refractivity contribution in [1.82, 2.24) is 10.3 Å². The van der Waals surface area contributed by atoms with Crippen LogP contribution in [0.5, 0.6) is 5.75 Å². The summed E-state index contributed by atoms with van der Waals surface area (Å²) in [4.78, 5) is 11.0. The predicted molar refractivity (Wildman–Crippen MR) is 116 cm³/mol. The Bertz CT molecular complexity index is 791. The van der Waals surface area contributed by atoms with Gasteiger partial charge < -0.3 is 20.7 Å². The number of aliphatic imine (C=N–C) groups is 1. The van der Waals surface area contributed by atoms with Crippen LogP contribution < -0.4 is 20.7 Å². The molecule has 0 unspecified atom stereocenters. The number of nitrogens with zero attached hydrogens (tertiary/aromatic N) is 3. The van der Waals surface area contributed by atoms with E-state index in [-0.39, 0.29) is 35.7 Å². The summed E-state index contributed by atoms with van der Waals surface area (Å²) < 4.78 is 40.3. The van der Waals surface area contributed by atoms with Crippen LogP contribution in [0.15, 0.2) is 47.6 Å².